The largest absolute Gasteiger partial charge is 0.491 e. The molecular formula is C17H19ClFNO3S. The summed E-state index contributed by atoms with van der Waals surface area (Å²) in [5.41, 5.74) is 0.971. The summed E-state index contributed by atoms with van der Waals surface area (Å²) in [6.45, 7) is 4.10. The van der Waals surface area contributed by atoms with Gasteiger partial charge in [0.25, 0.3) is 0 Å². The summed E-state index contributed by atoms with van der Waals surface area (Å²) in [7, 11) is -3.78. The van der Waals surface area contributed by atoms with Crippen LogP contribution in [0, 0.1) is 5.82 Å². The minimum Gasteiger partial charge on any atom is -0.491 e. The van der Waals surface area contributed by atoms with Crippen molar-refractivity contribution in [2.24, 2.45) is 0 Å². The van der Waals surface area contributed by atoms with E-state index in [4.69, 9.17) is 16.3 Å². The van der Waals surface area contributed by atoms with Crippen LogP contribution in [0.15, 0.2) is 47.4 Å². The lowest BCUT2D eigenvalue weighted by molar-refractivity contribution is 0.242. The Labute approximate surface area is 146 Å². The monoisotopic (exact) mass is 371 g/mol. The standard InChI is InChI=1S/C17H19ClFNO3S/c1-12(2)23-15-6-3-13(4-7-15)9-10-20-24(21,22)17-8-5-14(19)11-16(17)18/h3-8,11-12,20H,9-10H2,1-2H3. The van der Waals surface area contributed by atoms with Crippen molar-refractivity contribution in [1.82, 2.24) is 4.72 Å². The second kappa shape index (κ2) is 7.96. The molecule has 0 saturated carbocycles. The first-order valence-electron chi connectivity index (χ1n) is 7.48. The zero-order chi connectivity index (χ0) is 17.7. The summed E-state index contributed by atoms with van der Waals surface area (Å²) < 4.78 is 45.4. The van der Waals surface area contributed by atoms with Crippen LogP contribution in [-0.2, 0) is 16.4 Å². The highest BCUT2D eigenvalue weighted by Crippen LogP contribution is 2.22. The summed E-state index contributed by atoms with van der Waals surface area (Å²) in [6.07, 6.45) is 0.614. The Morgan fingerprint density at radius 1 is 1.17 bits per heavy atom. The number of rotatable bonds is 7. The molecule has 0 fully saturated rings. The van der Waals surface area contributed by atoms with Gasteiger partial charge in [0.15, 0.2) is 0 Å². The molecule has 1 N–H and O–H groups in total. The molecule has 0 amide bonds. The second-order valence-corrected chi connectivity index (χ2v) is 7.68. The first-order valence-corrected chi connectivity index (χ1v) is 9.34. The first kappa shape index (κ1) is 18.7. The van der Waals surface area contributed by atoms with Gasteiger partial charge in [-0.3, -0.25) is 0 Å². The van der Waals surface area contributed by atoms with Gasteiger partial charge in [0, 0.05) is 6.54 Å². The van der Waals surface area contributed by atoms with E-state index in [0.717, 1.165) is 29.5 Å². The highest BCUT2D eigenvalue weighted by molar-refractivity contribution is 7.89. The summed E-state index contributed by atoms with van der Waals surface area (Å²) in [5, 5.41) is -0.141. The molecule has 0 aliphatic carbocycles. The third kappa shape index (κ3) is 5.19. The lowest BCUT2D eigenvalue weighted by Crippen LogP contribution is -2.26. The number of ether oxygens (including phenoxy) is 1. The topological polar surface area (TPSA) is 55.4 Å². The molecule has 0 aromatic heterocycles. The fraction of sp³-hybridized carbons (Fsp3) is 0.294. The van der Waals surface area contributed by atoms with Gasteiger partial charge in [0.05, 0.1) is 11.1 Å². The predicted molar refractivity (Wildman–Crippen MR) is 92.5 cm³/mol. The van der Waals surface area contributed by atoms with Crippen molar-refractivity contribution in [2.45, 2.75) is 31.3 Å². The zero-order valence-corrected chi connectivity index (χ0v) is 15.0. The maximum atomic E-state index is 13.0. The molecule has 0 aliphatic rings. The number of nitrogens with one attached hydrogen (secondary N) is 1. The maximum absolute atomic E-state index is 13.0. The van der Waals surface area contributed by atoms with E-state index in [1.54, 1.807) is 0 Å². The van der Waals surface area contributed by atoms with Crippen molar-refractivity contribution in [3.05, 3.63) is 58.9 Å². The Morgan fingerprint density at radius 3 is 2.42 bits per heavy atom. The third-order valence-corrected chi connectivity index (χ3v) is 5.13. The van der Waals surface area contributed by atoms with Gasteiger partial charge in [0.2, 0.25) is 10.0 Å². The molecule has 4 nitrogen and oxygen atoms in total. The molecule has 7 heteroatoms. The van der Waals surface area contributed by atoms with Gasteiger partial charge in [-0.15, -0.1) is 0 Å². The number of halogens is 2. The molecular weight excluding hydrogens is 353 g/mol. The Morgan fingerprint density at radius 2 is 1.83 bits per heavy atom. The summed E-state index contributed by atoms with van der Waals surface area (Å²) in [6, 6.07) is 10.7. The van der Waals surface area contributed by atoms with Gasteiger partial charge in [-0.25, -0.2) is 17.5 Å². The molecule has 0 radical (unpaired) electrons. The van der Waals surface area contributed by atoms with Crippen molar-refractivity contribution in [3.8, 4) is 5.75 Å². The van der Waals surface area contributed by atoms with E-state index in [0.29, 0.717) is 6.42 Å². The van der Waals surface area contributed by atoms with Gasteiger partial charge >= 0.3 is 0 Å². The van der Waals surface area contributed by atoms with Crippen molar-refractivity contribution in [3.63, 3.8) is 0 Å². The van der Waals surface area contributed by atoms with Crippen LogP contribution in [0.1, 0.15) is 19.4 Å². The molecule has 2 rings (SSSR count). The number of sulfonamides is 1. The Balaban J connectivity index is 1.95. The fourth-order valence-electron chi connectivity index (χ4n) is 2.11. The molecule has 0 atom stereocenters. The molecule has 130 valence electrons. The van der Waals surface area contributed by atoms with Crippen LogP contribution in [0.2, 0.25) is 5.02 Å². The van der Waals surface area contributed by atoms with Crippen LogP contribution in [0.3, 0.4) is 0 Å². The van der Waals surface area contributed by atoms with Crippen LogP contribution < -0.4 is 9.46 Å². The van der Waals surface area contributed by atoms with Crippen molar-refractivity contribution >= 4 is 21.6 Å². The summed E-state index contributed by atoms with van der Waals surface area (Å²) >= 11 is 5.80. The van der Waals surface area contributed by atoms with E-state index >= 15 is 0 Å². The van der Waals surface area contributed by atoms with Gasteiger partial charge in [-0.05, 0) is 56.2 Å². The minimum atomic E-state index is -3.78. The molecule has 0 saturated heterocycles. The van der Waals surface area contributed by atoms with Crippen LogP contribution in [-0.4, -0.2) is 21.1 Å². The van der Waals surface area contributed by atoms with Crippen LogP contribution >= 0.6 is 11.6 Å². The van der Waals surface area contributed by atoms with Gasteiger partial charge in [0.1, 0.15) is 16.5 Å². The molecule has 0 bridgehead atoms. The van der Waals surface area contributed by atoms with Crippen molar-refractivity contribution in [1.29, 1.82) is 0 Å². The average Bonchev–Trinajstić information content (AvgIpc) is 2.48. The zero-order valence-electron chi connectivity index (χ0n) is 13.4. The average molecular weight is 372 g/mol. The molecule has 0 spiro atoms. The highest BCUT2D eigenvalue weighted by atomic mass is 35.5. The Kier molecular flexibility index (Phi) is 6.21. The molecule has 24 heavy (non-hydrogen) atoms. The second-order valence-electron chi connectivity index (χ2n) is 5.53. The van der Waals surface area contributed by atoms with E-state index in [2.05, 4.69) is 4.72 Å². The number of benzene rings is 2. The minimum absolute atomic E-state index is 0.100. The van der Waals surface area contributed by atoms with Crippen molar-refractivity contribution < 1.29 is 17.5 Å². The molecule has 0 unspecified atom stereocenters. The van der Waals surface area contributed by atoms with E-state index in [-0.39, 0.29) is 22.6 Å². The van der Waals surface area contributed by atoms with Crippen LogP contribution in [0.4, 0.5) is 4.39 Å². The smallest absolute Gasteiger partial charge is 0.242 e. The van der Waals surface area contributed by atoms with Crippen LogP contribution in [0.25, 0.3) is 0 Å². The highest BCUT2D eigenvalue weighted by Gasteiger charge is 2.17. The lowest BCUT2D eigenvalue weighted by atomic mass is 10.1. The first-order chi connectivity index (χ1) is 11.3. The Hall–Kier alpha value is -1.63. The lowest BCUT2D eigenvalue weighted by Gasteiger charge is -2.11. The fourth-order valence-corrected chi connectivity index (χ4v) is 3.67. The Bertz CT molecular complexity index is 792. The van der Waals surface area contributed by atoms with Gasteiger partial charge in [-0.2, -0.15) is 0 Å². The van der Waals surface area contributed by atoms with Gasteiger partial charge in [-0.1, -0.05) is 23.7 Å². The van der Waals surface area contributed by atoms with E-state index in [1.165, 1.54) is 0 Å². The number of hydrogen-bond acceptors (Lipinski definition) is 3. The maximum Gasteiger partial charge on any atom is 0.242 e. The molecule has 0 aliphatic heterocycles. The van der Waals surface area contributed by atoms with Gasteiger partial charge < -0.3 is 4.74 Å². The molecule has 2 aromatic carbocycles. The summed E-state index contributed by atoms with van der Waals surface area (Å²) in [4.78, 5) is -0.133. The van der Waals surface area contributed by atoms with E-state index in [1.807, 2.05) is 38.1 Å². The van der Waals surface area contributed by atoms with Crippen molar-refractivity contribution in [2.75, 3.05) is 6.54 Å². The third-order valence-electron chi connectivity index (χ3n) is 3.18. The van der Waals surface area contributed by atoms with E-state index < -0.39 is 15.8 Å². The molecule has 2 aromatic rings. The number of hydrogen-bond donors (Lipinski definition) is 1. The SMILES string of the molecule is CC(C)Oc1ccc(CCNS(=O)(=O)c2ccc(F)cc2Cl)cc1. The molecule has 0 heterocycles. The normalized spacial score (nSPS) is 11.7. The predicted octanol–water partition coefficient (Wildman–Crippen LogP) is 3.79. The van der Waals surface area contributed by atoms with E-state index in [9.17, 15) is 12.8 Å². The van der Waals surface area contributed by atoms with Crippen LogP contribution in [0.5, 0.6) is 5.75 Å². The quantitative estimate of drug-likeness (QED) is 0.805. The summed E-state index contributed by atoms with van der Waals surface area (Å²) in [5.74, 6) is 0.190.